The standard InChI is InChI=1S/C14H12ClF2NO/c15-11-3-1-2-9(4-11)8-19-14-12(16)5-10(7-18)6-13(14)17/h1-6H,7-8,18H2. The quantitative estimate of drug-likeness (QED) is 0.929. The highest BCUT2D eigenvalue weighted by Crippen LogP contribution is 2.24. The third-order valence-electron chi connectivity index (χ3n) is 2.57. The van der Waals surface area contributed by atoms with Crippen molar-refractivity contribution in [3.05, 3.63) is 64.2 Å². The summed E-state index contributed by atoms with van der Waals surface area (Å²) in [5, 5.41) is 0.542. The van der Waals surface area contributed by atoms with Crippen LogP contribution in [0.15, 0.2) is 36.4 Å². The first-order valence-corrected chi connectivity index (χ1v) is 6.03. The van der Waals surface area contributed by atoms with E-state index in [1.165, 1.54) is 0 Å². The third-order valence-corrected chi connectivity index (χ3v) is 2.80. The van der Waals surface area contributed by atoms with Gasteiger partial charge in [0, 0.05) is 11.6 Å². The van der Waals surface area contributed by atoms with Crippen LogP contribution >= 0.6 is 11.6 Å². The molecule has 0 unspecified atom stereocenters. The fourth-order valence-electron chi connectivity index (χ4n) is 1.65. The molecule has 5 heteroatoms. The first kappa shape index (κ1) is 13.8. The molecule has 2 aromatic carbocycles. The monoisotopic (exact) mass is 283 g/mol. The van der Waals surface area contributed by atoms with Crippen molar-refractivity contribution < 1.29 is 13.5 Å². The Morgan fingerprint density at radius 3 is 2.32 bits per heavy atom. The van der Waals surface area contributed by atoms with E-state index in [1.807, 2.05) is 0 Å². The molecule has 0 saturated heterocycles. The Labute approximate surface area is 114 Å². The molecule has 2 N–H and O–H groups in total. The second-order valence-corrected chi connectivity index (χ2v) is 4.45. The molecular weight excluding hydrogens is 272 g/mol. The lowest BCUT2D eigenvalue weighted by Gasteiger charge is -2.10. The number of halogens is 3. The first-order valence-electron chi connectivity index (χ1n) is 5.65. The summed E-state index contributed by atoms with van der Waals surface area (Å²) < 4.78 is 32.4. The van der Waals surface area contributed by atoms with E-state index >= 15 is 0 Å². The second-order valence-electron chi connectivity index (χ2n) is 4.01. The highest BCUT2D eigenvalue weighted by atomic mass is 35.5. The van der Waals surface area contributed by atoms with Gasteiger partial charge in [-0.25, -0.2) is 8.78 Å². The van der Waals surface area contributed by atoms with E-state index in [1.54, 1.807) is 24.3 Å². The van der Waals surface area contributed by atoms with Crippen LogP contribution in [0.3, 0.4) is 0 Å². The van der Waals surface area contributed by atoms with E-state index in [0.29, 0.717) is 10.6 Å². The summed E-state index contributed by atoms with van der Waals surface area (Å²) in [5.41, 5.74) is 6.44. The van der Waals surface area contributed by atoms with Crippen LogP contribution in [0.2, 0.25) is 5.02 Å². The summed E-state index contributed by atoms with van der Waals surface area (Å²) in [5.74, 6) is -1.93. The van der Waals surface area contributed by atoms with E-state index in [0.717, 1.165) is 17.7 Å². The highest BCUT2D eigenvalue weighted by molar-refractivity contribution is 6.30. The minimum absolute atomic E-state index is 0.0381. The van der Waals surface area contributed by atoms with Gasteiger partial charge >= 0.3 is 0 Å². The topological polar surface area (TPSA) is 35.2 Å². The van der Waals surface area contributed by atoms with E-state index < -0.39 is 17.4 Å². The lowest BCUT2D eigenvalue weighted by molar-refractivity contribution is 0.274. The maximum atomic E-state index is 13.6. The molecule has 0 heterocycles. The summed E-state index contributed by atoms with van der Waals surface area (Å²) in [6.45, 7) is 0.110. The lowest BCUT2D eigenvalue weighted by Crippen LogP contribution is -2.03. The van der Waals surface area contributed by atoms with Gasteiger partial charge in [0.15, 0.2) is 17.4 Å². The Morgan fingerprint density at radius 2 is 1.74 bits per heavy atom. The number of rotatable bonds is 4. The van der Waals surface area contributed by atoms with Gasteiger partial charge in [0.1, 0.15) is 6.61 Å². The van der Waals surface area contributed by atoms with Gasteiger partial charge < -0.3 is 10.5 Å². The zero-order valence-electron chi connectivity index (χ0n) is 10.00. The number of hydrogen-bond acceptors (Lipinski definition) is 2. The predicted molar refractivity (Wildman–Crippen MR) is 70.0 cm³/mol. The molecular formula is C14H12ClF2NO. The molecule has 0 aliphatic heterocycles. The van der Waals surface area contributed by atoms with Crippen LogP contribution < -0.4 is 10.5 Å². The molecule has 2 nitrogen and oxygen atoms in total. The maximum absolute atomic E-state index is 13.6. The Hall–Kier alpha value is -1.65. The van der Waals surface area contributed by atoms with Crippen LogP contribution in [-0.4, -0.2) is 0 Å². The molecule has 0 atom stereocenters. The Morgan fingerprint density at radius 1 is 1.05 bits per heavy atom. The molecule has 0 aliphatic carbocycles. The van der Waals surface area contributed by atoms with Crippen LogP contribution in [0.25, 0.3) is 0 Å². The van der Waals surface area contributed by atoms with Gasteiger partial charge in [-0.3, -0.25) is 0 Å². The van der Waals surface area contributed by atoms with Gasteiger partial charge in [0.2, 0.25) is 0 Å². The Bertz CT molecular complexity index is 566. The molecule has 0 bridgehead atoms. The fraction of sp³-hybridized carbons (Fsp3) is 0.143. The van der Waals surface area contributed by atoms with E-state index in [9.17, 15) is 8.78 Å². The number of ether oxygens (including phenoxy) is 1. The average Bonchev–Trinajstić information content (AvgIpc) is 2.37. The van der Waals surface area contributed by atoms with Crippen molar-refractivity contribution in [3.63, 3.8) is 0 Å². The fourth-order valence-corrected chi connectivity index (χ4v) is 1.86. The molecule has 0 aromatic heterocycles. The summed E-state index contributed by atoms with van der Waals surface area (Å²) in [6.07, 6.45) is 0. The van der Waals surface area contributed by atoms with Crippen molar-refractivity contribution in [3.8, 4) is 5.75 Å². The van der Waals surface area contributed by atoms with Crippen LogP contribution in [0, 0.1) is 11.6 Å². The van der Waals surface area contributed by atoms with Crippen molar-refractivity contribution in [2.45, 2.75) is 13.2 Å². The summed E-state index contributed by atoms with van der Waals surface area (Å²) in [4.78, 5) is 0. The van der Waals surface area contributed by atoms with Crippen LogP contribution in [0.4, 0.5) is 8.78 Å². The first-order chi connectivity index (χ1) is 9.10. The molecule has 0 radical (unpaired) electrons. The SMILES string of the molecule is NCc1cc(F)c(OCc2cccc(Cl)c2)c(F)c1. The number of benzene rings is 2. The van der Waals surface area contributed by atoms with Crippen molar-refractivity contribution in [2.24, 2.45) is 5.73 Å². The van der Waals surface area contributed by atoms with Gasteiger partial charge in [-0.1, -0.05) is 23.7 Å². The smallest absolute Gasteiger partial charge is 0.191 e. The van der Waals surface area contributed by atoms with Crippen LogP contribution in [-0.2, 0) is 13.2 Å². The molecule has 0 aliphatic rings. The largest absolute Gasteiger partial charge is 0.483 e. The molecule has 19 heavy (non-hydrogen) atoms. The predicted octanol–water partition coefficient (Wildman–Crippen LogP) is 3.66. The zero-order valence-corrected chi connectivity index (χ0v) is 10.8. The molecule has 0 fully saturated rings. The molecule has 2 rings (SSSR count). The number of nitrogens with two attached hydrogens (primary N) is 1. The maximum Gasteiger partial charge on any atom is 0.191 e. The molecule has 0 saturated carbocycles. The van der Waals surface area contributed by atoms with Gasteiger partial charge in [-0.15, -0.1) is 0 Å². The van der Waals surface area contributed by atoms with Crippen molar-refractivity contribution in [2.75, 3.05) is 0 Å². The third kappa shape index (κ3) is 3.43. The number of hydrogen-bond donors (Lipinski definition) is 1. The second kappa shape index (κ2) is 5.99. The van der Waals surface area contributed by atoms with Gasteiger partial charge in [0.25, 0.3) is 0 Å². The van der Waals surface area contributed by atoms with E-state index in [4.69, 9.17) is 22.1 Å². The van der Waals surface area contributed by atoms with Crippen LogP contribution in [0.1, 0.15) is 11.1 Å². The average molecular weight is 284 g/mol. The van der Waals surface area contributed by atoms with E-state index in [-0.39, 0.29) is 13.2 Å². The summed E-state index contributed by atoms with van der Waals surface area (Å²) in [6, 6.07) is 9.21. The molecule has 2 aromatic rings. The van der Waals surface area contributed by atoms with E-state index in [2.05, 4.69) is 0 Å². The summed E-state index contributed by atoms with van der Waals surface area (Å²) in [7, 11) is 0. The van der Waals surface area contributed by atoms with Crippen molar-refractivity contribution in [1.29, 1.82) is 0 Å². The minimum Gasteiger partial charge on any atom is -0.483 e. The molecule has 100 valence electrons. The van der Waals surface area contributed by atoms with Gasteiger partial charge in [-0.2, -0.15) is 0 Å². The molecule has 0 amide bonds. The Balaban J connectivity index is 2.16. The van der Waals surface area contributed by atoms with Crippen molar-refractivity contribution in [1.82, 2.24) is 0 Å². The highest BCUT2D eigenvalue weighted by Gasteiger charge is 2.12. The zero-order chi connectivity index (χ0) is 13.8. The Kier molecular flexibility index (Phi) is 4.35. The van der Waals surface area contributed by atoms with Gasteiger partial charge in [-0.05, 0) is 35.4 Å². The van der Waals surface area contributed by atoms with Crippen LogP contribution in [0.5, 0.6) is 5.75 Å². The molecule has 0 spiro atoms. The minimum atomic E-state index is -0.762. The summed E-state index contributed by atoms with van der Waals surface area (Å²) >= 11 is 5.81. The normalized spacial score (nSPS) is 10.5. The lowest BCUT2D eigenvalue weighted by atomic mass is 10.2. The van der Waals surface area contributed by atoms with Gasteiger partial charge in [0.05, 0.1) is 0 Å². The van der Waals surface area contributed by atoms with Crippen molar-refractivity contribution >= 4 is 11.6 Å².